The lowest BCUT2D eigenvalue weighted by molar-refractivity contribution is 0.250. The highest BCUT2D eigenvalue weighted by molar-refractivity contribution is 7.92. The second-order valence-corrected chi connectivity index (χ2v) is 7.00. The third-order valence-electron chi connectivity index (χ3n) is 1.86. The van der Waals surface area contributed by atoms with Crippen LogP contribution in [0.25, 0.3) is 0 Å². The van der Waals surface area contributed by atoms with Crippen molar-refractivity contribution in [2.45, 2.75) is 19.1 Å². The Morgan fingerprint density at radius 1 is 1.43 bits per heavy atom. The van der Waals surface area contributed by atoms with Crippen LogP contribution in [0.3, 0.4) is 0 Å². The predicted molar refractivity (Wildman–Crippen MR) is 60.1 cm³/mol. The molecule has 3 atom stereocenters. The molecule has 1 fully saturated rings. The summed E-state index contributed by atoms with van der Waals surface area (Å²) in [7, 11) is -1.66. The van der Waals surface area contributed by atoms with Crippen LogP contribution in [0.4, 0.5) is 0 Å². The van der Waals surface area contributed by atoms with Gasteiger partial charge < -0.3 is 4.74 Å². The van der Waals surface area contributed by atoms with Crippen LogP contribution in [0.2, 0.25) is 0 Å². The molecule has 0 spiro atoms. The fourth-order valence-electron chi connectivity index (χ4n) is 1.15. The lowest BCUT2D eigenvalue weighted by atomic mass is 10.4. The van der Waals surface area contributed by atoms with E-state index in [2.05, 4.69) is 0 Å². The van der Waals surface area contributed by atoms with E-state index in [1.807, 2.05) is 13.8 Å². The Hall–Kier alpha value is -0.160. The molecule has 0 amide bonds. The monoisotopic (exact) mass is 236 g/mol. The maximum atomic E-state index is 11.5. The third-order valence-corrected chi connectivity index (χ3v) is 5.41. The molecule has 0 aromatic carbocycles. The number of hydrogen-bond donors (Lipinski definition) is 0. The van der Waals surface area contributed by atoms with Crippen LogP contribution in [0.5, 0.6) is 0 Å². The van der Waals surface area contributed by atoms with Crippen LogP contribution < -0.4 is 0 Å². The second kappa shape index (κ2) is 5.66. The zero-order chi connectivity index (χ0) is 10.6. The number of rotatable bonds is 3. The highest BCUT2D eigenvalue weighted by atomic mass is 32.2. The van der Waals surface area contributed by atoms with Gasteiger partial charge in [0.05, 0.1) is 11.5 Å². The maximum Gasteiger partial charge on any atom is 0.103 e. The minimum absolute atomic E-state index is 0.0554. The molecule has 1 saturated heterocycles. The first-order chi connectivity index (χ1) is 6.59. The van der Waals surface area contributed by atoms with Crippen LogP contribution in [0.15, 0.2) is 11.8 Å². The first-order valence-corrected chi connectivity index (χ1v) is 7.43. The lowest BCUT2D eigenvalue weighted by Gasteiger charge is -2.20. The molecule has 1 aliphatic heterocycles. The van der Waals surface area contributed by atoms with Gasteiger partial charge in [-0.1, -0.05) is 0 Å². The van der Waals surface area contributed by atoms with E-state index in [-0.39, 0.29) is 5.25 Å². The lowest BCUT2D eigenvalue weighted by Crippen LogP contribution is -2.36. The highest BCUT2D eigenvalue weighted by Crippen LogP contribution is 2.08. The van der Waals surface area contributed by atoms with Gasteiger partial charge in [0, 0.05) is 38.9 Å². The van der Waals surface area contributed by atoms with E-state index in [0.29, 0.717) is 23.9 Å². The van der Waals surface area contributed by atoms with Crippen molar-refractivity contribution in [3.63, 3.8) is 0 Å². The van der Waals surface area contributed by atoms with Gasteiger partial charge in [0.1, 0.15) is 6.61 Å². The summed E-state index contributed by atoms with van der Waals surface area (Å²) in [4.78, 5) is 0. The summed E-state index contributed by atoms with van der Waals surface area (Å²) in [5.74, 6) is 1.64. The molecule has 0 radical (unpaired) electrons. The number of ether oxygens (including phenoxy) is 1. The molecule has 1 heterocycles. The molecule has 0 N–H and O–H groups in total. The molecule has 0 bridgehead atoms. The third kappa shape index (κ3) is 3.92. The Kier molecular flexibility index (Phi) is 4.81. The quantitative estimate of drug-likeness (QED) is 0.681. The van der Waals surface area contributed by atoms with Gasteiger partial charge in [-0.3, -0.25) is 8.42 Å². The van der Waals surface area contributed by atoms with E-state index in [1.165, 1.54) is 0 Å². The van der Waals surface area contributed by atoms with Gasteiger partial charge in [-0.05, 0) is 19.4 Å². The predicted octanol–water partition coefficient (Wildman–Crippen LogP) is 0.806. The van der Waals surface area contributed by atoms with E-state index in [9.17, 15) is 8.42 Å². The Labute approximate surface area is 89.8 Å². The van der Waals surface area contributed by atoms with Gasteiger partial charge in [0.15, 0.2) is 0 Å². The SMILES string of the molecule is CC(C)=COCC1CS(=O)CCS1=O. The Morgan fingerprint density at radius 3 is 2.79 bits per heavy atom. The molecule has 3 nitrogen and oxygen atoms in total. The number of hydrogen-bond acceptors (Lipinski definition) is 3. The molecule has 14 heavy (non-hydrogen) atoms. The zero-order valence-corrected chi connectivity index (χ0v) is 10.2. The Morgan fingerprint density at radius 2 is 2.14 bits per heavy atom. The minimum Gasteiger partial charge on any atom is -0.500 e. The van der Waals surface area contributed by atoms with Crippen LogP contribution in [-0.2, 0) is 26.3 Å². The number of allylic oxidation sites excluding steroid dienone is 1. The smallest absolute Gasteiger partial charge is 0.103 e. The fraction of sp³-hybridized carbons (Fsp3) is 0.778. The van der Waals surface area contributed by atoms with Crippen molar-refractivity contribution in [1.29, 1.82) is 0 Å². The second-order valence-electron chi connectivity index (χ2n) is 3.55. The van der Waals surface area contributed by atoms with E-state index >= 15 is 0 Å². The van der Waals surface area contributed by atoms with Crippen LogP contribution in [-0.4, -0.2) is 37.5 Å². The van der Waals surface area contributed by atoms with Gasteiger partial charge in [-0.2, -0.15) is 0 Å². The maximum absolute atomic E-state index is 11.5. The molecule has 1 aliphatic rings. The van der Waals surface area contributed by atoms with Crippen molar-refractivity contribution in [3.8, 4) is 0 Å². The molecular weight excluding hydrogens is 220 g/mol. The van der Waals surface area contributed by atoms with Gasteiger partial charge in [0.25, 0.3) is 0 Å². The zero-order valence-electron chi connectivity index (χ0n) is 8.52. The standard InChI is InChI=1S/C9H16O3S2/c1-8(2)5-12-6-9-7-13(10)3-4-14(9)11/h5,9H,3-4,6-7H2,1-2H3. The summed E-state index contributed by atoms with van der Waals surface area (Å²) in [6.07, 6.45) is 1.66. The van der Waals surface area contributed by atoms with Crippen molar-refractivity contribution in [3.05, 3.63) is 11.8 Å². The van der Waals surface area contributed by atoms with Crippen molar-refractivity contribution >= 4 is 21.6 Å². The van der Waals surface area contributed by atoms with Crippen molar-refractivity contribution in [2.24, 2.45) is 0 Å². The highest BCUT2D eigenvalue weighted by Gasteiger charge is 2.25. The Balaban J connectivity index is 2.38. The molecule has 5 heteroatoms. The van der Waals surface area contributed by atoms with Crippen LogP contribution >= 0.6 is 0 Å². The average molecular weight is 236 g/mol. The van der Waals surface area contributed by atoms with Crippen molar-refractivity contribution in [1.82, 2.24) is 0 Å². The van der Waals surface area contributed by atoms with Crippen molar-refractivity contribution in [2.75, 3.05) is 23.9 Å². The molecule has 0 aliphatic carbocycles. The summed E-state index contributed by atoms with van der Waals surface area (Å²) >= 11 is 0. The molecule has 0 saturated carbocycles. The molecule has 82 valence electrons. The largest absolute Gasteiger partial charge is 0.500 e. The summed E-state index contributed by atoms with van der Waals surface area (Å²) < 4.78 is 28.0. The van der Waals surface area contributed by atoms with Gasteiger partial charge in [-0.25, -0.2) is 0 Å². The van der Waals surface area contributed by atoms with Crippen molar-refractivity contribution < 1.29 is 13.2 Å². The van der Waals surface area contributed by atoms with Gasteiger partial charge in [0.2, 0.25) is 0 Å². The van der Waals surface area contributed by atoms with E-state index in [1.54, 1.807) is 6.26 Å². The fourth-order valence-corrected chi connectivity index (χ4v) is 4.86. The van der Waals surface area contributed by atoms with Crippen LogP contribution in [0, 0.1) is 0 Å². The molecule has 0 aromatic rings. The van der Waals surface area contributed by atoms with Crippen LogP contribution in [0.1, 0.15) is 13.8 Å². The van der Waals surface area contributed by atoms with E-state index in [0.717, 1.165) is 5.57 Å². The molecule has 3 unspecified atom stereocenters. The summed E-state index contributed by atoms with van der Waals surface area (Å²) in [5.41, 5.74) is 1.08. The van der Waals surface area contributed by atoms with Gasteiger partial charge in [-0.15, -0.1) is 0 Å². The van der Waals surface area contributed by atoms with E-state index < -0.39 is 21.6 Å². The first-order valence-electron chi connectivity index (χ1n) is 4.56. The van der Waals surface area contributed by atoms with Gasteiger partial charge >= 0.3 is 0 Å². The first kappa shape index (κ1) is 11.9. The average Bonchev–Trinajstić information content (AvgIpc) is 2.10. The van der Waals surface area contributed by atoms with E-state index in [4.69, 9.17) is 4.74 Å². The summed E-state index contributed by atoms with van der Waals surface area (Å²) in [5, 5.41) is -0.0554. The molecule has 0 aromatic heterocycles. The minimum atomic E-state index is -0.861. The summed E-state index contributed by atoms with van der Waals surface area (Å²) in [6.45, 7) is 4.30. The molecular formula is C9H16O3S2. The summed E-state index contributed by atoms with van der Waals surface area (Å²) in [6, 6.07) is 0. The topological polar surface area (TPSA) is 43.4 Å². The Bertz CT molecular complexity index is 269. The normalized spacial score (nSPS) is 32.3. The molecule has 1 rings (SSSR count).